The summed E-state index contributed by atoms with van der Waals surface area (Å²) in [6, 6.07) is 9.74. The Bertz CT molecular complexity index is 1260. The van der Waals surface area contributed by atoms with Crippen LogP contribution in [0.25, 0.3) is 0 Å². The number of rotatable bonds is 5. The van der Waals surface area contributed by atoms with Crippen LogP contribution < -0.4 is 16.2 Å². The average molecular weight is 477 g/mol. The van der Waals surface area contributed by atoms with Crippen LogP contribution in [-0.2, 0) is 15.3 Å². The average Bonchev–Trinajstić information content (AvgIpc) is 2.71. The van der Waals surface area contributed by atoms with Gasteiger partial charge in [0.05, 0.1) is 11.5 Å². The van der Waals surface area contributed by atoms with Gasteiger partial charge in [-0.05, 0) is 23.8 Å². The smallest absolute Gasteiger partial charge is 0.257 e. The number of aromatic amines is 1. The third kappa shape index (κ3) is 4.81. The Morgan fingerprint density at radius 3 is 2.62 bits per heavy atom. The standard InChI is InChI=1S/C21H15ClF2N4O3S/c22-15-4-2-1-3-10(15)9-32-21-27-18-17(20(31)28-21)14(8-16(29)26-18)19(30)25-13-6-11(23)5-12(24)7-13/h1-7,14H,8-9H2,(H,25,30)(H2,26,27,28,29,31)/t14-/m1/s1. The Morgan fingerprint density at radius 1 is 1.19 bits per heavy atom. The maximum Gasteiger partial charge on any atom is 0.257 e. The van der Waals surface area contributed by atoms with Crippen molar-refractivity contribution in [1.29, 1.82) is 0 Å². The number of carbonyl (C=O) groups is 2. The molecule has 3 N–H and O–H groups in total. The highest BCUT2D eigenvalue weighted by molar-refractivity contribution is 7.98. The Balaban J connectivity index is 1.59. The first kappa shape index (κ1) is 22.0. The van der Waals surface area contributed by atoms with Gasteiger partial charge in [0.2, 0.25) is 11.8 Å². The van der Waals surface area contributed by atoms with Crippen molar-refractivity contribution in [3.8, 4) is 0 Å². The zero-order chi connectivity index (χ0) is 22.8. The summed E-state index contributed by atoms with van der Waals surface area (Å²) in [5.74, 6) is -3.80. The molecule has 11 heteroatoms. The van der Waals surface area contributed by atoms with Crippen molar-refractivity contribution >= 4 is 46.7 Å². The highest BCUT2D eigenvalue weighted by atomic mass is 35.5. The van der Waals surface area contributed by atoms with Crippen LogP contribution in [-0.4, -0.2) is 21.8 Å². The maximum atomic E-state index is 13.4. The number of benzene rings is 2. The molecule has 2 amide bonds. The van der Waals surface area contributed by atoms with Crippen molar-refractivity contribution in [3.63, 3.8) is 0 Å². The second kappa shape index (κ2) is 9.09. The molecule has 1 atom stereocenters. The van der Waals surface area contributed by atoms with Crippen LogP contribution in [0.5, 0.6) is 0 Å². The van der Waals surface area contributed by atoms with Gasteiger partial charge in [0, 0.05) is 29.0 Å². The number of hydrogen-bond acceptors (Lipinski definition) is 5. The highest BCUT2D eigenvalue weighted by Crippen LogP contribution is 2.31. The summed E-state index contributed by atoms with van der Waals surface area (Å²) in [6.07, 6.45) is -0.312. The zero-order valence-corrected chi connectivity index (χ0v) is 17.8. The molecule has 164 valence electrons. The predicted molar refractivity (Wildman–Crippen MR) is 117 cm³/mol. The van der Waals surface area contributed by atoms with Gasteiger partial charge < -0.3 is 15.6 Å². The lowest BCUT2D eigenvalue weighted by atomic mass is 9.92. The molecule has 0 radical (unpaired) electrons. The van der Waals surface area contributed by atoms with Gasteiger partial charge in [0.25, 0.3) is 5.56 Å². The molecule has 0 saturated carbocycles. The fraction of sp³-hybridized carbons (Fsp3) is 0.143. The minimum atomic E-state index is -1.18. The number of halogens is 3. The molecule has 0 fully saturated rings. The minimum absolute atomic E-state index is 0.0268. The molecule has 1 aliphatic rings. The molecule has 4 rings (SSSR count). The second-order valence-corrected chi connectivity index (χ2v) is 8.34. The molecular weight excluding hydrogens is 462 g/mol. The van der Waals surface area contributed by atoms with E-state index in [9.17, 15) is 23.2 Å². The van der Waals surface area contributed by atoms with Gasteiger partial charge in [-0.25, -0.2) is 13.8 Å². The van der Waals surface area contributed by atoms with E-state index in [-0.39, 0.29) is 28.6 Å². The quantitative estimate of drug-likeness (QED) is 0.380. The third-order valence-corrected chi connectivity index (χ3v) is 5.99. The third-order valence-electron chi connectivity index (χ3n) is 4.70. The van der Waals surface area contributed by atoms with Crippen molar-refractivity contribution in [1.82, 2.24) is 9.97 Å². The van der Waals surface area contributed by atoms with E-state index in [2.05, 4.69) is 20.6 Å². The molecule has 0 bridgehead atoms. The Labute approximate surface area is 189 Å². The molecule has 0 aliphatic carbocycles. The van der Waals surface area contributed by atoms with Crippen LogP contribution in [0.4, 0.5) is 20.3 Å². The Kier molecular flexibility index (Phi) is 6.24. The van der Waals surface area contributed by atoms with E-state index in [0.29, 0.717) is 16.8 Å². The molecule has 0 spiro atoms. The molecule has 3 aromatic rings. The van der Waals surface area contributed by atoms with Gasteiger partial charge in [-0.3, -0.25) is 14.4 Å². The number of anilines is 2. The van der Waals surface area contributed by atoms with E-state index in [1.807, 2.05) is 12.1 Å². The first-order chi connectivity index (χ1) is 15.3. The number of thioether (sulfide) groups is 1. The molecule has 2 aromatic carbocycles. The van der Waals surface area contributed by atoms with Crippen LogP contribution in [0.15, 0.2) is 52.4 Å². The van der Waals surface area contributed by atoms with Gasteiger partial charge in [-0.1, -0.05) is 41.6 Å². The summed E-state index contributed by atoms with van der Waals surface area (Å²) in [5, 5.41) is 5.67. The number of amides is 2. The lowest BCUT2D eigenvalue weighted by Gasteiger charge is -2.23. The first-order valence-corrected chi connectivity index (χ1v) is 10.7. The SMILES string of the molecule is O=C1C[C@@H](C(=O)Nc2cc(F)cc(F)c2)c2c(nc(SCc3ccccc3Cl)[nH]c2=O)N1. The van der Waals surface area contributed by atoms with Crippen molar-refractivity contribution in [2.75, 3.05) is 10.6 Å². The number of nitrogens with zero attached hydrogens (tertiary/aromatic N) is 1. The van der Waals surface area contributed by atoms with E-state index in [1.54, 1.807) is 12.1 Å². The van der Waals surface area contributed by atoms with Crippen molar-refractivity contribution in [2.24, 2.45) is 0 Å². The van der Waals surface area contributed by atoms with Crippen molar-refractivity contribution < 1.29 is 18.4 Å². The largest absolute Gasteiger partial charge is 0.325 e. The van der Waals surface area contributed by atoms with E-state index in [4.69, 9.17) is 11.6 Å². The summed E-state index contributed by atoms with van der Waals surface area (Å²) in [5.41, 5.74) is 0.0859. The highest BCUT2D eigenvalue weighted by Gasteiger charge is 2.35. The van der Waals surface area contributed by atoms with Crippen LogP contribution in [0.3, 0.4) is 0 Å². The zero-order valence-electron chi connectivity index (χ0n) is 16.2. The molecule has 0 saturated heterocycles. The number of carbonyl (C=O) groups excluding carboxylic acids is 2. The van der Waals surface area contributed by atoms with Gasteiger partial charge in [-0.2, -0.15) is 0 Å². The van der Waals surface area contributed by atoms with Gasteiger partial charge in [0.1, 0.15) is 17.5 Å². The fourth-order valence-corrected chi connectivity index (χ4v) is 4.41. The van der Waals surface area contributed by atoms with E-state index in [1.165, 1.54) is 11.8 Å². The van der Waals surface area contributed by atoms with Crippen LogP contribution in [0.1, 0.15) is 23.5 Å². The number of H-pyrrole nitrogens is 1. The molecule has 7 nitrogen and oxygen atoms in total. The molecule has 32 heavy (non-hydrogen) atoms. The van der Waals surface area contributed by atoms with Crippen molar-refractivity contribution in [3.05, 3.63) is 80.6 Å². The number of aromatic nitrogens is 2. The first-order valence-electron chi connectivity index (χ1n) is 9.37. The van der Waals surface area contributed by atoms with Gasteiger partial charge in [0.15, 0.2) is 5.16 Å². The Hall–Kier alpha value is -3.24. The summed E-state index contributed by atoms with van der Waals surface area (Å²) >= 11 is 7.35. The predicted octanol–water partition coefficient (Wildman–Crippen LogP) is 4.06. The molecule has 1 aliphatic heterocycles. The van der Waals surface area contributed by atoms with Crippen molar-refractivity contribution in [2.45, 2.75) is 23.2 Å². The summed E-state index contributed by atoms with van der Waals surface area (Å²) in [7, 11) is 0. The van der Waals surface area contributed by atoms with E-state index in [0.717, 1.165) is 17.7 Å². The topological polar surface area (TPSA) is 104 Å². The number of fused-ring (bicyclic) bond motifs is 1. The summed E-state index contributed by atoms with van der Waals surface area (Å²) < 4.78 is 26.8. The van der Waals surface area contributed by atoms with Crippen LogP contribution >= 0.6 is 23.4 Å². The summed E-state index contributed by atoms with van der Waals surface area (Å²) in [4.78, 5) is 44.5. The van der Waals surface area contributed by atoms with Gasteiger partial charge >= 0.3 is 0 Å². The molecule has 0 unspecified atom stereocenters. The lowest BCUT2D eigenvalue weighted by Crippen LogP contribution is -2.36. The van der Waals surface area contributed by atoms with Gasteiger partial charge in [-0.15, -0.1) is 0 Å². The number of hydrogen-bond donors (Lipinski definition) is 3. The lowest BCUT2D eigenvalue weighted by molar-refractivity contribution is -0.123. The monoisotopic (exact) mass is 476 g/mol. The van der Waals surface area contributed by atoms with Crippen LogP contribution in [0, 0.1) is 11.6 Å². The molecular formula is C21H15ClF2N4O3S. The molecule has 1 aromatic heterocycles. The second-order valence-electron chi connectivity index (χ2n) is 6.97. The van der Waals surface area contributed by atoms with Crippen LogP contribution in [0.2, 0.25) is 5.02 Å². The molecule has 2 heterocycles. The Morgan fingerprint density at radius 2 is 1.91 bits per heavy atom. The van der Waals surface area contributed by atoms with E-state index >= 15 is 0 Å². The number of nitrogens with one attached hydrogen (secondary N) is 3. The maximum absolute atomic E-state index is 13.4. The van der Waals surface area contributed by atoms with E-state index < -0.39 is 34.9 Å². The fourth-order valence-electron chi connectivity index (χ4n) is 3.26. The minimum Gasteiger partial charge on any atom is -0.325 e. The summed E-state index contributed by atoms with van der Waals surface area (Å²) in [6.45, 7) is 0. The normalized spacial score (nSPS) is 15.1.